The number of nitrogens with zero attached hydrogens (tertiary/aromatic N) is 1. The minimum absolute atomic E-state index is 0.170. The fourth-order valence-corrected chi connectivity index (χ4v) is 2.54. The maximum Gasteiger partial charge on any atom is 0.349 e. The van der Waals surface area contributed by atoms with Gasteiger partial charge in [-0.3, -0.25) is 10.1 Å². The Morgan fingerprint density at radius 1 is 1.27 bits per heavy atom. The number of carbonyl (C=O) groups is 1. The summed E-state index contributed by atoms with van der Waals surface area (Å²) in [6.45, 7) is 1.67. The van der Waals surface area contributed by atoms with Crippen LogP contribution < -0.4 is 14.2 Å². The molecule has 0 heterocycles. The molecule has 0 amide bonds. The van der Waals surface area contributed by atoms with E-state index >= 15 is 0 Å². The minimum atomic E-state index is -0.613. The second kappa shape index (κ2) is 9.00. The van der Waals surface area contributed by atoms with Gasteiger partial charge in [-0.25, -0.2) is 4.79 Å². The van der Waals surface area contributed by atoms with Crippen molar-refractivity contribution in [3.63, 3.8) is 0 Å². The molecule has 0 spiro atoms. The number of ether oxygens (including phenoxy) is 3. The summed E-state index contributed by atoms with van der Waals surface area (Å²) in [5.41, 5.74) is 1.60. The zero-order valence-corrected chi connectivity index (χ0v) is 15.7. The second-order valence-electron chi connectivity index (χ2n) is 5.21. The molecule has 136 valence electrons. The first-order chi connectivity index (χ1) is 12.4. The van der Waals surface area contributed by atoms with Crippen LogP contribution in [0, 0.1) is 17.0 Å². The SMILES string of the molecule is COc1cc(/C=C/[N+](=O)[O-])cc(Br)c1OC(=O)COc1ccc(C)cc1. The molecule has 0 atom stereocenters. The number of hydrogen-bond donors (Lipinski definition) is 0. The molecule has 2 aromatic carbocycles. The lowest BCUT2D eigenvalue weighted by Crippen LogP contribution is -2.18. The van der Waals surface area contributed by atoms with Crippen molar-refractivity contribution in [2.45, 2.75) is 6.92 Å². The maximum absolute atomic E-state index is 12.0. The predicted molar refractivity (Wildman–Crippen MR) is 99.0 cm³/mol. The van der Waals surface area contributed by atoms with Gasteiger partial charge in [-0.05, 0) is 52.7 Å². The number of hydrogen-bond acceptors (Lipinski definition) is 6. The molecule has 0 aliphatic rings. The fourth-order valence-electron chi connectivity index (χ4n) is 2.00. The Hall–Kier alpha value is -2.87. The second-order valence-corrected chi connectivity index (χ2v) is 6.07. The minimum Gasteiger partial charge on any atom is -0.493 e. The van der Waals surface area contributed by atoms with Gasteiger partial charge in [0.05, 0.1) is 16.5 Å². The number of methoxy groups -OCH3 is 1. The third kappa shape index (κ3) is 5.59. The molecule has 0 radical (unpaired) electrons. The summed E-state index contributed by atoms with van der Waals surface area (Å²) >= 11 is 3.28. The number of carbonyl (C=O) groups excluding carboxylic acids is 1. The lowest BCUT2D eigenvalue weighted by atomic mass is 10.2. The van der Waals surface area contributed by atoms with Crippen molar-refractivity contribution in [3.05, 3.63) is 68.3 Å². The molecule has 0 saturated heterocycles. The summed E-state index contributed by atoms with van der Waals surface area (Å²) < 4.78 is 16.3. The molecule has 0 aliphatic carbocycles. The van der Waals surface area contributed by atoms with Crippen LogP contribution in [0.15, 0.2) is 47.1 Å². The van der Waals surface area contributed by atoms with Crippen molar-refractivity contribution in [3.8, 4) is 17.2 Å². The first-order valence-corrected chi connectivity index (χ1v) is 8.27. The van der Waals surface area contributed by atoms with Crippen molar-refractivity contribution < 1.29 is 23.9 Å². The first-order valence-electron chi connectivity index (χ1n) is 7.48. The molecule has 2 aromatic rings. The monoisotopic (exact) mass is 421 g/mol. The number of benzene rings is 2. The molecule has 0 N–H and O–H groups in total. The summed E-state index contributed by atoms with van der Waals surface area (Å²) in [6.07, 6.45) is 2.11. The Balaban J connectivity index is 2.08. The number of esters is 1. The van der Waals surface area contributed by atoms with Gasteiger partial charge in [0.2, 0.25) is 6.20 Å². The topological polar surface area (TPSA) is 87.9 Å². The lowest BCUT2D eigenvalue weighted by Gasteiger charge is -2.12. The van der Waals surface area contributed by atoms with E-state index in [1.54, 1.807) is 18.2 Å². The molecule has 0 bridgehead atoms. The molecule has 0 fully saturated rings. The molecule has 8 heteroatoms. The third-order valence-corrected chi connectivity index (χ3v) is 3.82. The molecule has 2 rings (SSSR count). The van der Waals surface area contributed by atoms with E-state index < -0.39 is 10.9 Å². The summed E-state index contributed by atoms with van der Waals surface area (Å²) in [5, 5.41) is 10.4. The zero-order valence-electron chi connectivity index (χ0n) is 14.1. The van der Waals surface area contributed by atoms with E-state index in [1.807, 2.05) is 19.1 Å². The highest BCUT2D eigenvalue weighted by atomic mass is 79.9. The van der Waals surface area contributed by atoms with Crippen LogP contribution in [0.5, 0.6) is 17.2 Å². The van der Waals surface area contributed by atoms with Gasteiger partial charge in [0.15, 0.2) is 18.1 Å². The lowest BCUT2D eigenvalue weighted by molar-refractivity contribution is -0.400. The quantitative estimate of drug-likeness (QED) is 0.290. The normalized spacial score (nSPS) is 10.6. The van der Waals surface area contributed by atoms with Crippen molar-refractivity contribution in [1.82, 2.24) is 0 Å². The molecule has 0 unspecified atom stereocenters. The number of aryl methyl sites for hydroxylation is 1. The maximum atomic E-state index is 12.0. The van der Waals surface area contributed by atoms with Crippen LogP contribution in [-0.2, 0) is 4.79 Å². The predicted octanol–water partition coefficient (Wildman–Crippen LogP) is 4.00. The van der Waals surface area contributed by atoms with E-state index in [4.69, 9.17) is 14.2 Å². The van der Waals surface area contributed by atoms with Crippen LogP contribution in [0.3, 0.4) is 0 Å². The third-order valence-electron chi connectivity index (χ3n) is 3.23. The van der Waals surface area contributed by atoms with Gasteiger partial charge in [0, 0.05) is 6.08 Å². The number of nitro groups is 1. The molecule has 26 heavy (non-hydrogen) atoms. The summed E-state index contributed by atoms with van der Waals surface area (Å²) in [7, 11) is 1.41. The average Bonchev–Trinajstić information content (AvgIpc) is 2.61. The van der Waals surface area contributed by atoms with Gasteiger partial charge < -0.3 is 14.2 Å². The Bertz CT molecular complexity index is 832. The fraction of sp³-hybridized carbons (Fsp3) is 0.167. The van der Waals surface area contributed by atoms with Gasteiger partial charge in [0.1, 0.15) is 5.75 Å². The smallest absolute Gasteiger partial charge is 0.349 e. The summed E-state index contributed by atoms with van der Waals surface area (Å²) in [4.78, 5) is 21.9. The molecular formula is C18H16BrNO6. The van der Waals surface area contributed by atoms with Crippen molar-refractivity contribution in [2.75, 3.05) is 13.7 Å². The van der Waals surface area contributed by atoms with Crippen LogP contribution in [0.2, 0.25) is 0 Å². The molecule has 0 aliphatic heterocycles. The number of rotatable bonds is 7. The summed E-state index contributed by atoms with van der Waals surface area (Å²) in [5.74, 6) is 0.367. The van der Waals surface area contributed by atoms with Crippen LogP contribution in [0.1, 0.15) is 11.1 Å². The number of halogens is 1. The van der Waals surface area contributed by atoms with Gasteiger partial charge in [0.25, 0.3) is 0 Å². The Morgan fingerprint density at radius 3 is 2.58 bits per heavy atom. The Labute approximate surface area is 158 Å². The van der Waals surface area contributed by atoms with Gasteiger partial charge >= 0.3 is 5.97 Å². The largest absolute Gasteiger partial charge is 0.493 e. The standard InChI is InChI=1S/C18H16BrNO6/c1-12-3-5-14(6-4-12)25-11-17(21)26-18-15(19)9-13(7-8-20(22)23)10-16(18)24-2/h3-10H,11H2,1-2H3/b8-7+. The van der Waals surface area contributed by atoms with Gasteiger partial charge in [-0.2, -0.15) is 0 Å². The Kier molecular flexibility index (Phi) is 6.74. The Morgan fingerprint density at radius 2 is 1.96 bits per heavy atom. The molecular weight excluding hydrogens is 406 g/mol. The van der Waals surface area contributed by atoms with Crippen LogP contribution in [0.25, 0.3) is 6.08 Å². The van der Waals surface area contributed by atoms with Crippen molar-refractivity contribution in [1.29, 1.82) is 0 Å². The highest BCUT2D eigenvalue weighted by Crippen LogP contribution is 2.37. The van der Waals surface area contributed by atoms with E-state index in [1.165, 1.54) is 19.3 Å². The van der Waals surface area contributed by atoms with Crippen molar-refractivity contribution >= 4 is 28.0 Å². The van der Waals surface area contributed by atoms with Crippen LogP contribution in [0.4, 0.5) is 0 Å². The van der Waals surface area contributed by atoms with E-state index in [2.05, 4.69) is 15.9 Å². The molecule has 7 nitrogen and oxygen atoms in total. The summed E-state index contributed by atoms with van der Waals surface area (Å²) in [6, 6.07) is 10.4. The van der Waals surface area contributed by atoms with Gasteiger partial charge in [-0.1, -0.05) is 17.7 Å². The van der Waals surface area contributed by atoms with E-state index in [9.17, 15) is 14.9 Å². The molecule has 0 saturated carbocycles. The average molecular weight is 422 g/mol. The highest BCUT2D eigenvalue weighted by molar-refractivity contribution is 9.10. The van der Waals surface area contributed by atoms with Crippen molar-refractivity contribution in [2.24, 2.45) is 0 Å². The van der Waals surface area contributed by atoms with E-state index in [0.717, 1.165) is 11.8 Å². The highest BCUT2D eigenvalue weighted by Gasteiger charge is 2.16. The molecule has 0 aromatic heterocycles. The van der Waals surface area contributed by atoms with E-state index in [-0.39, 0.29) is 18.1 Å². The zero-order chi connectivity index (χ0) is 19.1. The van der Waals surface area contributed by atoms with Crippen LogP contribution >= 0.6 is 15.9 Å². The van der Waals surface area contributed by atoms with Crippen LogP contribution in [-0.4, -0.2) is 24.6 Å². The van der Waals surface area contributed by atoms with Gasteiger partial charge in [-0.15, -0.1) is 0 Å². The van der Waals surface area contributed by atoms with E-state index in [0.29, 0.717) is 15.8 Å². The first kappa shape index (κ1) is 19.5.